The van der Waals surface area contributed by atoms with E-state index in [0.29, 0.717) is 12.2 Å². The molecule has 2 aromatic heterocycles. The topological polar surface area (TPSA) is 77.8 Å². The summed E-state index contributed by atoms with van der Waals surface area (Å²) in [5, 5.41) is 1.01. The molecule has 14 heavy (non-hydrogen) atoms. The summed E-state index contributed by atoms with van der Waals surface area (Å²) in [6, 6.07) is 7.49. The average Bonchev–Trinajstić information content (AvgIpc) is 2.27. The predicted octanol–water partition coefficient (Wildman–Crippen LogP) is 0.588. The molecule has 0 aliphatic rings. The zero-order valence-corrected chi connectivity index (χ0v) is 7.72. The first-order valence-corrected chi connectivity index (χ1v) is 4.48. The van der Waals surface area contributed by atoms with Crippen LogP contribution in [0, 0.1) is 0 Å². The fourth-order valence-corrected chi connectivity index (χ4v) is 1.29. The van der Waals surface area contributed by atoms with Crippen molar-refractivity contribution in [2.45, 2.75) is 6.04 Å². The molecule has 0 radical (unpaired) electrons. The molecule has 4 nitrogen and oxygen atoms in total. The largest absolute Gasteiger partial charge is 0.329 e. The summed E-state index contributed by atoms with van der Waals surface area (Å²) in [5.74, 6) is 0. The van der Waals surface area contributed by atoms with Crippen LogP contribution in [0.5, 0.6) is 0 Å². The quantitative estimate of drug-likeness (QED) is 0.723. The minimum atomic E-state index is -0.207. The number of nitrogens with two attached hydrogens (primary N) is 2. The number of nitrogens with zero attached hydrogens (tertiary/aromatic N) is 2. The summed E-state index contributed by atoms with van der Waals surface area (Å²) in [5.41, 5.74) is 12.7. The third-order valence-corrected chi connectivity index (χ3v) is 2.12. The van der Waals surface area contributed by atoms with Gasteiger partial charge in [-0.2, -0.15) is 0 Å². The summed E-state index contributed by atoms with van der Waals surface area (Å²) in [4.78, 5) is 8.48. The lowest BCUT2D eigenvalue weighted by molar-refractivity contribution is 0.714. The fourth-order valence-electron chi connectivity index (χ4n) is 1.29. The smallest absolute Gasteiger partial charge is 0.159 e. The van der Waals surface area contributed by atoms with Crippen molar-refractivity contribution in [2.24, 2.45) is 11.5 Å². The molecule has 0 aliphatic carbocycles. The molecule has 4 heteroatoms. The van der Waals surface area contributed by atoms with E-state index in [-0.39, 0.29) is 6.04 Å². The second kappa shape index (κ2) is 3.69. The molecule has 0 saturated heterocycles. The van der Waals surface area contributed by atoms with Crippen molar-refractivity contribution in [3.8, 4) is 0 Å². The summed E-state index contributed by atoms with van der Waals surface area (Å²) in [6.45, 7) is 0.394. The molecular weight excluding hydrogens is 176 g/mol. The third-order valence-electron chi connectivity index (χ3n) is 2.12. The third kappa shape index (κ3) is 1.57. The van der Waals surface area contributed by atoms with Crippen LogP contribution in [0.15, 0.2) is 30.5 Å². The lowest BCUT2D eigenvalue weighted by atomic mass is 10.2. The normalized spacial score (nSPS) is 13.0. The molecule has 0 unspecified atom stereocenters. The average molecular weight is 188 g/mol. The van der Waals surface area contributed by atoms with Gasteiger partial charge in [0.25, 0.3) is 0 Å². The molecule has 0 saturated carbocycles. The maximum absolute atomic E-state index is 5.77. The van der Waals surface area contributed by atoms with Crippen LogP contribution in [0.1, 0.15) is 11.7 Å². The van der Waals surface area contributed by atoms with Gasteiger partial charge in [0.15, 0.2) is 5.65 Å². The van der Waals surface area contributed by atoms with Gasteiger partial charge >= 0.3 is 0 Å². The molecule has 0 aliphatic heterocycles. The van der Waals surface area contributed by atoms with Gasteiger partial charge in [-0.3, -0.25) is 0 Å². The molecule has 0 aromatic carbocycles. The molecule has 2 aromatic rings. The van der Waals surface area contributed by atoms with Crippen LogP contribution in [0.2, 0.25) is 0 Å². The molecule has 0 bridgehead atoms. The van der Waals surface area contributed by atoms with Crippen LogP contribution in [0.4, 0.5) is 0 Å². The highest BCUT2D eigenvalue weighted by Gasteiger charge is 2.05. The predicted molar refractivity (Wildman–Crippen MR) is 55.5 cm³/mol. The molecule has 0 amide bonds. The highest BCUT2D eigenvalue weighted by atomic mass is 14.9. The van der Waals surface area contributed by atoms with Crippen molar-refractivity contribution in [3.63, 3.8) is 0 Å². The minimum absolute atomic E-state index is 0.207. The van der Waals surface area contributed by atoms with Crippen molar-refractivity contribution in [2.75, 3.05) is 6.54 Å². The van der Waals surface area contributed by atoms with Gasteiger partial charge in [0.05, 0.1) is 11.7 Å². The van der Waals surface area contributed by atoms with E-state index < -0.39 is 0 Å². The minimum Gasteiger partial charge on any atom is -0.329 e. The van der Waals surface area contributed by atoms with Crippen LogP contribution in [0.3, 0.4) is 0 Å². The molecule has 1 atom stereocenters. The summed E-state index contributed by atoms with van der Waals surface area (Å²) < 4.78 is 0. The SMILES string of the molecule is NC[C@@H](N)c1ccc2cccnc2n1. The molecule has 2 heterocycles. The molecule has 4 N–H and O–H groups in total. The number of hydrogen-bond donors (Lipinski definition) is 2. The van der Waals surface area contributed by atoms with E-state index in [2.05, 4.69) is 9.97 Å². The highest BCUT2D eigenvalue weighted by Crippen LogP contribution is 2.12. The Morgan fingerprint density at radius 2 is 2.14 bits per heavy atom. The van der Waals surface area contributed by atoms with Crippen LogP contribution >= 0.6 is 0 Å². The van der Waals surface area contributed by atoms with Gasteiger partial charge in [0, 0.05) is 18.1 Å². The zero-order valence-electron chi connectivity index (χ0n) is 7.72. The highest BCUT2D eigenvalue weighted by molar-refractivity contribution is 5.74. The van der Waals surface area contributed by atoms with Crippen LogP contribution in [-0.2, 0) is 0 Å². The second-order valence-electron chi connectivity index (χ2n) is 3.13. The van der Waals surface area contributed by atoms with E-state index in [1.807, 2.05) is 24.3 Å². The first-order chi connectivity index (χ1) is 6.81. The van der Waals surface area contributed by atoms with Gasteiger partial charge in [0.1, 0.15) is 0 Å². The Labute approximate surface area is 82.0 Å². The Kier molecular flexibility index (Phi) is 2.39. The van der Waals surface area contributed by atoms with E-state index in [0.717, 1.165) is 11.1 Å². The van der Waals surface area contributed by atoms with Gasteiger partial charge < -0.3 is 11.5 Å². The Bertz CT molecular complexity index is 441. The number of aromatic nitrogens is 2. The van der Waals surface area contributed by atoms with Crippen molar-refractivity contribution < 1.29 is 0 Å². The van der Waals surface area contributed by atoms with Crippen molar-refractivity contribution in [1.82, 2.24) is 9.97 Å². The second-order valence-corrected chi connectivity index (χ2v) is 3.13. The van der Waals surface area contributed by atoms with Gasteiger partial charge in [-0.1, -0.05) is 0 Å². The van der Waals surface area contributed by atoms with Crippen molar-refractivity contribution in [1.29, 1.82) is 0 Å². The van der Waals surface area contributed by atoms with Crippen molar-refractivity contribution >= 4 is 11.0 Å². The fraction of sp³-hybridized carbons (Fsp3) is 0.200. The van der Waals surface area contributed by atoms with Gasteiger partial charge in [0.2, 0.25) is 0 Å². The van der Waals surface area contributed by atoms with E-state index in [4.69, 9.17) is 11.5 Å². The van der Waals surface area contributed by atoms with Crippen LogP contribution in [-0.4, -0.2) is 16.5 Å². The summed E-state index contributed by atoms with van der Waals surface area (Å²) >= 11 is 0. The first-order valence-electron chi connectivity index (χ1n) is 4.48. The van der Waals surface area contributed by atoms with Crippen molar-refractivity contribution in [3.05, 3.63) is 36.2 Å². The van der Waals surface area contributed by atoms with Gasteiger partial charge in [-0.15, -0.1) is 0 Å². The monoisotopic (exact) mass is 188 g/mol. The maximum Gasteiger partial charge on any atom is 0.159 e. The Balaban J connectivity index is 2.51. The Morgan fingerprint density at radius 3 is 2.93 bits per heavy atom. The number of rotatable bonds is 2. The van der Waals surface area contributed by atoms with Crippen LogP contribution in [0.25, 0.3) is 11.0 Å². The molecule has 0 fully saturated rings. The summed E-state index contributed by atoms with van der Waals surface area (Å²) in [7, 11) is 0. The van der Waals surface area contributed by atoms with Gasteiger partial charge in [-0.05, 0) is 24.3 Å². The lowest BCUT2D eigenvalue weighted by Gasteiger charge is -2.07. The van der Waals surface area contributed by atoms with Gasteiger partial charge in [-0.25, -0.2) is 9.97 Å². The molecule has 0 spiro atoms. The Morgan fingerprint density at radius 1 is 1.29 bits per heavy atom. The van der Waals surface area contributed by atoms with E-state index in [9.17, 15) is 0 Å². The number of hydrogen-bond acceptors (Lipinski definition) is 4. The summed E-state index contributed by atoms with van der Waals surface area (Å²) in [6.07, 6.45) is 1.72. The molecular formula is C10H12N4. The maximum atomic E-state index is 5.77. The zero-order chi connectivity index (χ0) is 9.97. The lowest BCUT2D eigenvalue weighted by Crippen LogP contribution is -2.21. The molecule has 72 valence electrons. The standard InChI is InChI=1S/C10H12N4/c11-6-8(12)9-4-3-7-2-1-5-13-10(7)14-9/h1-5,8H,6,11-12H2/t8-/m1/s1. The number of fused-ring (bicyclic) bond motifs is 1. The van der Waals surface area contributed by atoms with E-state index >= 15 is 0 Å². The first kappa shape index (κ1) is 9.05. The molecule has 2 rings (SSSR count). The Hall–Kier alpha value is -1.52. The number of pyridine rings is 2. The van der Waals surface area contributed by atoms with E-state index in [1.54, 1.807) is 6.20 Å². The van der Waals surface area contributed by atoms with Crippen LogP contribution < -0.4 is 11.5 Å². The van der Waals surface area contributed by atoms with E-state index in [1.165, 1.54) is 0 Å².